The van der Waals surface area contributed by atoms with E-state index in [1.807, 2.05) is 0 Å². The van der Waals surface area contributed by atoms with E-state index in [1.165, 1.54) is 4.90 Å². The van der Waals surface area contributed by atoms with Crippen LogP contribution in [0.15, 0.2) is 0 Å². The number of rotatable bonds is 0. The van der Waals surface area contributed by atoms with E-state index in [2.05, 4.69) is 0 Å². The van der Waals surface area contributed by atoms with Crippen molar-refractivity contribution < 1.29 is 22.7 Å². The van der Waals surface area contributed by atoms with Gasteiger partial charge in [-0.1, -0.05) is 0 Å². The molecular weight excluding hydrogens is 282 g/mol. The molecule has 0 saturated carbocycles. The Labute approximate surface area is 119 Å². The summed E-state index contributed by atoms with van der Waals surface area (Å²) in [4.78, 5) is 24.9. The Morgan fingerprint density at radius 1 is 1.25 bits per heavy atom. The maximum absolute atomic E-state index is 12.1. The zero-order valence-corrected chi connectivity index (χ0v) is 13.0. The lowest BCUT2D eigenvalue weighted by Gasteiger charge is -2.38. The number of carbonyl (C=O) groups is 2. The number of Topliss-reactive ketones (excluding diaryl/α,β-unsaturated/α-hetero) is 1. The summed E-state index contributed by atoms with van der Waals surface area (Å²) in [6, 6.07) is 0. The number of hydrogen-bond donors (Lipinski definition) is 0. The van der Waals surface area contributed by atoms with Crippen LogP contribution in [0, 0.1) is 0 Å². The minimum Gasteiger partial charge on any atom is -0.444 e. The number of carbonyl (C=O) groups excluding carboxylic acids is 2. The van der Waals surface area contributed by atoms with Crippen LogP contribution in [0.25, 0.3) is 0 Å². The van der Waals surface area contributed by atoms with Crippen LogP contribution in [0.5, 0.6) is 0 Å². The van der Waals surface area contributed by atoms with Crippen molar-refractivity contribution in [1.29, 1.82) is 0 Å². The number of amides is 1. The summed E-state index contributed by atoms with van der Waals surface area (Å²) in [7, 11) is -3.37. The van der Waals surface area contributed by atoms with Gasteiger partial charge in [0, 0.05) is 19.5 Å². The van der Waals surface area contributed by atoms with Gasteiger partial charge in [-0.25, -0.2) is 13.2 Å². The average Bonchev–Trinajstić information content (AvgIpc) is 2.46. The second-order valence-corrected chi connectivity index (χ2v) is 9.01. The third-order valence-electron chi connectivity index (χ3n) is 3.86. The van der Waals surface area contributed by atoms with Crippen LogP contribution in [0.1, 0.15) is 40.0 Å². The zero-order chi connectivity index (χ0) is 15.2. The van der Waals surface area contributed by atoms with Crippen molar-refractivity contribution in [2.45, 2.75) is 50.4 Å². The average molecular weight is 303 g/mol. The first kappa shape index (κ1) is 15.3. The van der Waals surface area contributed by atoms with Gasteiger partial charge in [-0.3, -0.25) is 4.79 Å². The molecular formula is C13H21NO5S. The molecule has 20 heavy (non-hydrogen) atoms. The van der Waals surface area contributed by atoms with E-state index in [0.29, 0.717) is 25.9 Å². The molecule has 0 bridgehead atoms. The van der Waals surface area contributed by atoms with Crippen molar-refractivity contribution >= 4 is 21.7 Å². The highest BCUT2D eigenvalue weighted by Gasteiger charge is 2.53. The molecule has 2 fully saturated rings. The summed E-state index contributed by atoms with van der Waals surface area (Å²) in [6.07, 6.45) is 0.312. The highest BCUT2D eigenvalue weighted by molar-refractivity contribution is 7.94. The van der Waals surface area contributed by atoms with Crippen LogP contribution in [-0.2, 0) is 19.4 Å². The Kier molecular flexibility index (Phi) is 3.60. The first-order chi connectivity index (χ1) is 9.05. The molecule has 6 nitrogen and oxygen atoms in total. The third kappa shape index (κ3) is 2.82. The number of likely N-dealkylation sites (tertiary alicyclic amines) is 1. The molecule has 2 heterocycles. The lowest BCUT2D eigenvalue weighted by atomic mass is 9.91. The van der Waals surface area contributed by atoms with Crippen molar-refractivity contribution in [3.05, 3.63) is 0 Å². The molecule has 0 N–H and O–H groups in total. The third-order valence-corrected chi connectivity index (χ3v) is 6.43. The number of sulfone groups is 1. The maximum atomic E-state index is 12.1. The first-order valence-electron chi connectivity index (χ1n) is 6.77. The zero-order valence-electron chi connectivity index (χ0n) is 12.1. The predicted octanol–water partition coefficient (Wildman–Crippen LogP) is 1.14. The summed E-state index contributed by atoms with van der Waals surface area (Å²) in [5, 5.41) is 0. The van der Waals surface area contributed by atoms with Gasteiger partial charge in [0.1, 0.15) is 17.1 Å². The fourth-order valence-electron chi connectivity index (χ4n) is 2.80. The summed E-state index contributed by atoms with van der Waals surface area (Å²) in [5.74, 6) is -0.560. The monoisotopic (exact) mass is 303 g/mol. The maximum Gasteiger partial charge on any atom is 0.410 e. The second kappa shape index (κ2) is 4.72. The molecule has 7 heteroatoms. The molecule has 1 spiro atoms. The molecule has 0 aromatic heterocycles. The van der Waals surface area contributed by atoms with Gasteiger partial charge in [0.05, 0.1) is 4.75 Å². The number of hydrogen-bond acceptors (Lipinski definition) is 5. The van der Waals surface area contributed by atoms with Crippen LogP contribution < -0.4 is 0 Å². The number of ketones is 1. The van der Waals surface area contributed by atoms with Crippen LogP contribution >= 0.6 is 0 Å². The highest BCUT2D eigenvalue weighted by atomic mass is 32.2. The van der Waals surface area contributed by atoms with E-state index in [1.54, 1.807) is 20.8 Å². The standard InChI is InChI=1S/C13H21NO5S/c1-12(2,3)19-11(16)14-6-4-13(5-7-14)8-10(15)9-20(13,17)18/h4-9H2,1-3H3. The molecule has 0 unspecified atom stereocenters. The van der Waals surface area contributed by atoms with Crippen LogP contribution in [0.2, 0.25) is 0 Å². The molecule has 2 aliphatic rings. The van der Waals surface area contributed by atoms with E-state index in [4.69, 9.17) is 4.74 Å². The molecule has 0 radical (unpaired) electrons. The SMILES string of the molecule is CC(C)(C)OC(=O)N1CCC2(CC1)CC(=O)CS2(=O)=O. The largest absolute Gasteiger partial charge is 0.444 e. The summed E-state index contributed by atoms with van der Waals surface area (Å²) in [5.41, 5.74) is -0.568. The van der Waals surface area contributed by atoms with E-state index < -0.39 is 26.3 Å². The van der Waals surface area contributed by atoms with Crippen LogP contribution in [0.4, 0.5) is 4.79 Å². The first-order valence-corrected chi connectivity index (χ1v) is 8.42. The smallest absolute Gasteiger partial charge is 0.410 e. The lowest BCUT2D eigenvalue weighted by Crippen LogP contribution is -2.50. The number of ether oxygens (including phenoxy) is 1. The topological polar surface area (TPSA) is 80.8 Å². The molecule has 2 aliphatic heterocycles. The summed E-state index contributed by atoms with van der Waals surface area (Å²) < 4.78 is 28.5. The van der Waals surface area contributed by atoms with Gasteiger partial charge in [-0.05, 0) is 33.6 Å². The molecule has 2 saturated heterocycles. The minimum atomic E-state index is -3.37. The molecule has 1 amide bonds. The van der Waals surface area contributed by atoms with Crippen molar-refractivity contribution in [1.82, 2.24) is 4.90 Å². The Hall–Kier alpha value is -1.11. The van der Waals surface area contributed by atoms with Gasteiger partial charge in [-0.15, -0.1) is 0 Å². The van der Waals surface area contributed by atoms with E-state index in [0.717, 1.165) is 0 Å². The van der Waals surface area contributed by atoms with Gasteiger partial charge >= 0.3 is 6.09 Å². The van der Waals surface area contributed by atoms with Gasteiger partial charge in [-0.2, -0.15) is 0 Å². The van der Waals surface area contributed by atoms with Gasteiger partial charge in [0.15, 0.2) is 9.84 Å². The predicted molar refractivity (Wildman–Crippen MR) is 73.2 cm³/mol. The fourth-order valence-corrected chi connectivity index (χ4v) is 4.81. The molecule has 0 atom stereocenters. The van der Waals surface area contributed by atoms with Crippen molar-refractivity contribution in [2.24, 2.45) is 0 Å². The Morgan fingerprint density at radius 3 is 2.20 bits per heavy atom. The quantitative estimate of drug-likeness (QED) is 0.670. The highest BCUT2D eigenvalue weighted by Crippen LogP contribution is 2.39. The minimum absolute atomic E-state index is 0.0947. The van der Waals surface area contributed by atoms with Gasteiger partial charge in [0.2, 0.25) is 0 Å². The lowest BCUT2D eigenvalue weighted by molar-refractivity contribution is -0.116. The molecule has 0 aromatic rings. The fraction of sp³-hybridized carbons (Fsp3) is 0.846. The van der Waals surface area contributed by atoms with E-state index >= 15 is 0 Å². The summed E-state index contributed by atoms with van der Waals surface area (Å²) in [6.45, 7) is 6.01. The van der Waals surface area contributed by atoms with E-state index in [9.17, 15) is 18.0 Å². The number of nitrogens with zero attached hydrogens (tertiary/aromatic N) is 1. The van der Waals surface area contributed by atoms with Crippen molar-refractivity contribution in [3.63, 3.8) is 0 Å². The van der Waals surface area contributed by atoms with Crippen molar-refractivity contribution in [2.75, 3.05) is 18.8 Å². The Balaban J connectivity index is 2.03. The van der Waals surface area contributed by atoms with Crippen LogP contribution in [-0.4, -0.2) is 54.4 Å². The Bertz CT molecular complexity index is 523. The Morgan fingerprint density at radius 2 is 1.80 bits per heavy atom. The molecule has 114 valence electrons. The molecule has 0 aromatic carbocycles. The normalized spacial score (nSPS) is 24.9. The van der Waals surface area contributed by atoms with Crippen molar-refractivity contribution in [3.8, 4) is 0 Å². The second-order valence-electron chi connectivity index (χ2n) is 6.62. The number of piperidine rings is 1. The van der Waals surface area contributed by atoms with Gasteiger partial charge in [0.25, 0.3) is 0 Å². The molecule has 2 rings (SSSR count). The summed E-state index contributed by atoms with van der Waals surface area (Å²) >= 11 is 0. The molecule has 0 aliphatic carbocycles. The van der Waals surface area contributed by atoms with Gasteiger partial charge < -0.3 is 9.64 Å². The van der Waals surface area contributed by atoms with E-state index in [-0.39, 0.29) is 18.0 Å². The van der Waals surface area contributed by atoms with Crippen LogP contribution in [0.3, 0.4) is 0 Å².